The molecule has 0 radical (unpaired) electrons. The van der Waals surface area contributed by atoms with Crippen molar-refractivity contribution < 1.29 is 24.6 Å². The van der Waals surface area contributed by atoms with Gasteiger partial charge in [-0.1, -0.05) is 48.2 Å². The maximum atomic E-state index is 12.7. The van der Waals surface area contributed by atoms with E-state index in [1.165, 1.54) is 17.0 Å². The minimum absolute atomic E-state index is 0.186. The molecule has 0 aromatic heterocycles. The van der Waals surface area contributed by atoms with Gasteiger partial charge in [-0.2, -0.15) is 0 Å². The summed E-state index contributed by atoms with van der Waals surface area (Å²) in [6.45, 7) is 1.63. The molecule has 1 aliphatic rings. The summed E-state index contributed by atoms with van der Waals surface area (Å²) < 4.78 is 0.266. The van der Waals surface area contributed by atoms with E-state index in [1.54, 1.807) is 6.08 Å². The number of carbonyl (C=O) groups excluding carboxylic acids is 2. The second-order valence-corrected chi connectivity index (χ2v) is 7.89. The smallest absolute Gasteiger partial charge is 0.339 e. The molecule has 29 heavy (non-hydrogen) atoms. The van der Waals surface area contributed by atoms with E-state index in [1.807, 2.05) is 31.2 Å². The third kappa shape index (κ3) is 4.64. The van der Waals surface area contributed by atoms with Gasteiger partial charge in [0.1, 0.15) is 22.2 Å². The van der Waals surface area contributed by atoms with E-state index in [9.17, 15) is 19.5 Å². The van der Waals surface area contributed by atoms with Crippen LogP contribution >= 0.6 is 24.0 Å². The quantitative estimate of drug-likeness (QED) is 0.381. The molecular formula is C20H16N2O5S2. The van der Waals surface area contributed by atoms with Crippen molar-refractivity contribution in [2.45, 2.75) is 6.92 Å². The summed E-state index contributed by atoms with van der Waals surface area (Å²) in [5.41, 5.74) is 1.75. The number of anilines is 1. The number of benzene rings is 2. The number of hydrogen-bond donors (Lipinski definition) is 3. The number of thiocarbonyl (C=S) groups is 1. The molecule has 1 heterocycles. The fourth-order valence-electron chi connectivity index (χ4n) is 2.66. The molecule has 9 heteroatoms. The molecule has 1 aliphatic heterocycles. The number of nitrogens with zero attached hydrogens (tertiary/aromatic N) is 1. The number of carbonyl (C=O) groups is 3. The number of nitrogens with one attached hydrogen (secondary N) is 1. The van der Waals surface area contributed by atoms with E-state index < -0.39 is 17.6 Å². The first kappa shape index (κ1) is 20.6. The molecule has 0 saturated carbocycles. The molecule has 1 saturated heterocycles. The molecule has 1 fully saturated rings. The highest BCUT2D eigenvalue weighted by Gasteiger charge is 2.33. The van der Waals surface area contributed by atoms with E-state index in [2.05, 4.69) is 5.32 Å². The largest absolute Gasteiger partial charge is 0.507 e. The molecule has 0 unspecified atom stereocenters. The van der Waals surface area contributed by atoms with Crippen molar-refractivity contribution in [2.24, 2.45) is 0 Å². The lowest BCUT2D eigenvalue weighted by Crippen LogP contribution is -2.36. The van der Waals surface area contributed by atoms with Crippen LogP contribution in [-0.2, 0) is 9.59 Å². The third-order valence-electron chi connectivity index (χ3n) is 4.16. The number of aromatic carboxylic acids is 1. The minimum atomic E-state index is -1.32. The summed E-state index contributed by atoms with van der Waals surface area (Å²) in [6, 6.07) is 11.3. The molecule has 0 bridgehead atoms. The molecule has 0 aliphatic carbocycles. The lowest BCUT2D eigenvalue weighted by molar-refractivity contribution is -0.126. The van der Waals surface area contributed by atoms with Gasteiger partial charge in [0, 0.05) is 5.69 Å². The van der Waals surface area contributed by atoms with Gasteiger partial charge in [0.05, 0.1) is 4.91 Å². The predicted octanol–water partition coefficient (Wildman–Crippen LogP) is 3.24. The first-order valence-corrected chi connectivity index (χ1v) is 9.66. The zero-order chi connectivity index (χ0) is 21.1. The molecule has 3 N–H and O–H groups in total. The summed E-state index contributed by atoms with van der Waals surface area (Å²) in [5, 5.41) is 21.1. The number of phenols is 1. The fraction of sp³-hybridized carbons (Fsp3) is 0.100. The van der Waals surface area contributed by atoms with Crippen molar-refractivity contribution in [1.29, 1.82) is 0 Å². The Morgan fingerprint density at radius 2 is 1.97 bits per heavy atom. The standard InChI is InChI=1S/C20H16N2O5S2/c1-11-4-2-3-5-12(11)8-16-18(25)22(20(28)29-16)10-17(24)21-13-6-7-15(23)14(9-13)19(26)27/h2-9,23H,10H2,1H3,(H,21,24)(H,26,27)/b16-8-. The van der Waals surface area contributed by atoms with E-state index in [-0.39, 0.29) is 28.0 Å². The first-order chi connectivity index (χ1) is 13.8. The second kappa shape index (κ2) is 8.46. The molecule has 3 rings (SSSR count). The second-order valence-electron chi connectivity index (χ2n) is 6.21. The first-order valence-electron chi connectivity index (χ1n) is 8.43. The molecule has 0 atom stereocenters. The van der Waals surface area contributed by atoms with Crippen LogP contribution in [0, 0.1) is 6.92 Å². The zero-order valence-corrected chi connectivity index (χ0v) is 16.8. The van der Waals surface area contributed by atoms with Gasteiger partial charge < -0.3 is 15.5 Å². The molecule has 7 nitrogen and oxygen atoms in total. The van der Waals surface area contributed by atoms with E-state index in [4.69, 9.17) is 17.3 Å². The minimum Gasteiger partial charge on any atom is -0.507 e. The average molecular weight is 428 g/mol. The average Bonchev–Trinajstić information content (AvgIpc) is 2.92. The molecular weight excluding hydrogens is 412 g/mol. The van der Waals surface area contributed by atoms with Crippen molar-refractivity contribution in [3.05, 3.63) is 64.1 Å². The zero-order valence-electron chi connectivity index (χ0n) is 15.2. The summed E-state index contributed by atoms with van der Waals surface area (Å²) in [5.74, 6) is -2.64. The Balaban J connectivity index is 1.72. The van der Waals surface area contributed by atoms with Crippen molar-refractivity contribution in [3.63, 3.8) is 0 Å². The fourth-order valence-corrected chi connectivity index (χ4v) is 3.90. The number of hydrogen-bond acceptors (Lipinski definition) is 6. The van der Waals surface area contributed by atoms with Crippen molar-refractivity contribution >= 4 is 57.8 Å². The van der Waals surface area contributed by atoms with Crippen LogP contribution in [0.2, 0.25) is 0 Å². The Kier molecular flexibility index (Phi) is 6.00. The number of amides is 2. The van der Waals surface area contributed by atoms with Gasteiger partial charge in [-0.05, 0) is 42.3 Å². The maximum absolute atomic E-state index is 12.7. The molecule has 2 aromatic rings. The van der Waals surface area contributed by atoms with Crippen molar-refractivity contribution in [3.8, 4) is 5.75 Å². The van der Waals surface area contributed by atoms with Crippen LogP contribution in [0.25, 0.3) is 6.08 Å². The summed E-state index contributed by atoms with van der Waals surface area (Å²) in [6.07, 6.45) is 1.74. The Morgan fingerprint density at radius 1 is 1.24 bits per heavy atom. The van der Waals surface area contributed by atoms with E-state index in [0.29, 0.717) is 4.91 Å². The van der Waals surface area contributed by atoms with Gasteiger partial charge in [-0.3, -0.25) is 14.5 Å². The highest BCUT2D eigenvalue weighted by molar-refractivity contribution is 8.26. The van der Waals surface area contributed by atoms with Gasteiger partial charge >= 0.3 is 5.97 Å². The van der Waals surface area contributed by atoms with Crippen LogP contribution in [0.4, 0.5) is 5.69 Å². The number of rotatable bonds is 5. The van der Waals surface area contributed by atoms with Gasteiger partial charge in [-0.25, -0.2) is 4.79 Å². The monoisotopic (exact) mass is 428 g/mol. The maximum Gasteiger partial charge on any atom is 0.339 e. The SMILES string of the molecule is Cc1ccccc1/C=C1\SC(=S)N(CC(=O)Nc2ccc(O)c(C(=O)O)c2)C1=O. The molecule has 0 spiro atoms. The van der Waals surface area contributed by atoms with E-state index in [0.717, 1.165) is 29.0 Å². The summed E-state index contributed by atoms with van der Waals surface area (Å²) in [7, 11) is 0. The lowest BCUT2D eigenvalue weighted by Gasteiger charge is -2.14. The summed E-state index contributed by atoms with van der Waals surface area (Å²) >= 11 is 6.36. The highest BCUT2D eigenvalue weighted by Crippen LogP contribution is 2.33. The van der Waals surface area contributed by atoms with Gasteiger partial charge in [0.25, 0.3) is 5.91 Å². The Bertz CT molecular complexity index is 1060. The van der Waals surface area contributed by atoms with Gasteiger partial charge in [0.15, 0.2) is 0 Å². The Labute approximate surface area is 176 Å². The Morgan fingerprint density at radius 3 is 2.66 bits per heavy atom. The van der Waals surface area contributed by atoms with Crippen molar-refractivity contribution in [1.82, 2.24) is 4.90 Å². The highest BCUT2D eigenvalue weighted by atomic mass is 32.2. The van der Waals surface area contributed by atoms with Crippen LogP contribution in [0.3, 0.4) is 0 Å². The molecule has 2 aromatic carbocycles. The van der Waals surface area contributed by atoms with Crippen molar-refractivity contribution in [2.75, 3.05) is 11.9 Å². The number of aryl methyl sites for hydroxylation is 1. The van der Waals surface area contributed by atoms with E-state index >= 15 is 0 Å². The number of carboxylic acid groups (broad SMARTS) is 1. The number of thioether (sulfide) groups is 1. The normalized spacial score (nSPS) is 15.1. The van der Waals surface area contributed by atoms with Gasteiger partial charge in [0.2, 0.25) is 5.91 Å². The van der Waals surface area contributed by atoms with Crippen LogP contribution in [0.1, 0.15) is 21.5 Å². The van der Waals surface area contributed by atoms with Crippen LogP contribution < -0.4 is 5.32 Å². The number of carboxylic acids is 1. The van der Waals surface area contributed by atoms with Crippen LogP contribution in [0.15, 0.2) is 47.4 Å². The van der Waals surface area contributed by atoms with Crippen LogP contribution in [0.5, 0.6) is 5.75 Å². The Hall–Kier alpha value is -3.17. The predicted molar refractivity (Wildman–Crippen MR) is 115 cm³/mol. The van der Waals surface area contributed by atoms with Crippen LogP contribution in [-0.4, -0.2) is 43.8 Å². The topological polar surface area (TPSA) is 107 Å². The van der Waals surface area contributed by atoms with Gasteiger partial charge in [-0.15, -0.1) is 0 Å². The molecule has 148 valence electrons. The number of aromatic hydroxyl groups is 1. The third-order valence-corrected chi connectivity index (χ3v) is 5.54. The lowest BCUT2D eigenvalue weighted by atomic mass is 10.1. The molecule has 2 amide bonds. The summed E-state index contributed by atoms with van der Waals surface area (Å²) in [4.78, 5) is 37.7.